The van der Waals surface area contributed by atoms with Crippen LogP contribution < -0.4 is 0 Å². The highest BCUT2D eigenvalue weighted by molar-refractivity contribution is 8.00. The molecule has 10 heavy (non-hydrogen) atoms. The predicted octanol–water partition coefficient (Wildman–Crippen LogP) is 2.68. The summed E-state index contributed by atoms with van der Waals surface area (Å²) < 4.78 is 0. The minimum Gasteiger partial charge on any atom is -0.197 e. The highest BCUT2D eigenvalue weighted by Gasteiger charge is 2.13. The van der Waals surface area contributed by atoms with Gasteiger partial charge in [0, 0.05) is 5.25 Å². The maximum absolute atomic E-state index is 8.67. The molecule has 1 atom stereocenters. The second kappa shape index (κ2) is 4.62. The van der Waals surface area contributed by atoms with Crippen LogP contribution in [0, 0.1) is 17.2 Å². The van der Waals surface area contributed by atoms with Gasteiger partial charge in [0.15, 0.2) is 0 Å². The standard InChI is InChI=1S/C8H15NS/c1-6(2)8(5-9)10-7(3)4/h6-8H,1-4H3. The molecular formula is C8H15NS. The SMILES string of the molecule is CC(C)SC(C#N)C(C)C. The average molecular weight is 157 g/mol. The fraction of sp³-hybridized carbons (Fsp3) is 0.875. The lowest BCUT2D eigenvalue weighted by Gasteiger charge is -2.14. The van der Waals surface area contributed by atoms with Crippen LogP contribution in [0.5, 0.6) is 0 Å². The lowest BCUT2D eigenvalue weighted by molar-refractivity contribution is 0.683. The summed E-state index contributed by atoms with van der Waals surface area (Å²) in [6.07, 6.45) is 0. The molecule has 0 saturated heterocycles. The number of hydrogen-bond acceptors (Lipinski definition) is 2. The van der Waals surface area contributed by atoms with Crippen molar-refractivity contribution in [1.82, 2.24) is 0 Å². The first kappa shape index (κ1) is 9.84. The first-order chi connectivity index (χ1) is 4.57. The molecule has 0 saturated carbocycles. The molecule has 0 fully saturated rings. The number of rotatable bonds is 3. The Balaban J connectivity index is 3.75. The van der Waals surface area contributed by atoms with Crippen LogP contribution in [0.3, 0.4) is 0 Å². The fourth-order valence-corrected chi connectivity index (χ4v) is 1.59. The Morgan fingerprint density at radius 3 is 1.80 bits per heavy atom. The van der Waals surface area contributed by atoms with Gasteiger partial charge in [0.25, 0.3) is 0 Å². The van der Waals surface area contributed by atoms with Gasteiger partial charge in [-0.05, 0) is 5.92 Å². The van der Waals surface area contributed by atoms with E-state index in [2.05, 4.69) is 33.8 Å². The van der Waals surface area contributed by atoms with Gasteiger partial charge in [0.2, 0.25) is 0 Å². The van der Waals surface area contributed by atoms with Gasteiger partial charge < -0.3 is 0 Å². The predicted molar refractivity (Wildman–Crippen MR) is 47.0 cm³/mol. The third kappa shape index (κ3) is 3.79. The summed E-state index contributed by atoms with van der Waals surface area (Å²) in [6, 6.07) is 2.30. The molecule has 0 bridgehead atoms. The molecule has 58 valence electrons. The van der Waals surface area contributed by atoms with Crippen LogP contribution in [0.25, 0.3) is 0 Å². The minimum atomic E-state index is 0.167. The molecule has 0 aliphatic rings. The van der Waals surface area contributed by atoms with Crippen molar-refractivity contribution in [3.63, 3.8) is 0 Å². The van der Waals surface area contributed by atoms with Crippen molar-refractivity contribution in [2.45, 2.75) is 38.2 Å². The zero-order valence-corrected chi connectivity index (χ0v) is 7.90. The van der Waals surface area contributed by atoms with E-state index >= 15 is 0 Å². The third-order valence-corrected chi connectivity index (χ3v) is 2.64. The lowest BCUT2D eigenvalue weighted by Crippen LogP contribution is -2.10. The van der Waals surface area contributed by atoms with E-state index in [0.717, 1.165) is 0 Å². The molecule has 0 spiro atoms. The summed E-state index contributed by atoms with van der Waals surface area (Å²) >= 11 is 1.75. The smallest absolute Gasteiger partial charge is 0.0941 e. The van der Waals surface area contributed by atoms with Crippen LogP contribution in [-0.2, 0) is 0 Å². The van der Waals surface area contributed by atoms with Crippen LogP contribution in [0.4, 0.5) is 0 Å². The van der Waals surface area contributed by atoms with Crippen LogP contribution in [-0.4, -0.2) is 10.5 Å². The van der Waals surface area contributed by atoms with Gasteiger partial charge in [-0.3, -0.25) is 0 Å². The summed E-state index contributed by atoms with van der Waals surface area (Å²) in [5.74, 6) is 0.470. The van der Waals surface area contributed by atoms with E-state index in [4.69, 9.17) is 5.26 Å². The van der Waals surface area contributed by atoms with Gasteiger partial charge >= 0.3 is 0 Å². The molecule has 1 nitrogen and oxygen atoms in total. The summed E-state index contributed by atoms with van der Waals surface area (Å²) in [5, 5.41) is 9.40. The number of hydrogen-bond donors (Lipinski definition) is 0. The Labute approximate surface area is 67.8 Å². The quantitative estimate of drug-likeness (QED) is 0.629. The van der Waals surface area contributed by atoms with E-state index in [-0.39, 0.29) is 5.25 Å². The van der Waals surface area contributed by atoms with Crippen molar-refractivity contribution in [1.29, 1.82) is 5.26 Å². The van der Waals surface area contributed by atoms with E-state index in [1.54, 1.807) is 11.8 Å². The van der Waals surface area contributed by atoms with Gasteiger partial charge in [-0.15, -0.1) is 11.8 Å². The first-order valence-electron chi connectivity index (χ1n) is 3.63. The zero-order chi connectivity index (χ0) is 8.15. The maximum Gasteiger partial charge on any atom is 0.0941 e. The molecule has 0 aliphatic heterocycles. The molecule has 2 heteroatoms. The molecule has 0 rings (SSSR count). The van der Waals surface area contributed by atoms with Gasteiger partial charge in [0.05, 0.1) is 11.3 Å². The molecule has 0 aromatic heterocycles. The molecule has 0 aromatic carbocycles. The van der Waals surface area contributed by atoms with Crippen molar-refractivity contribution < 1.29 is 0 Å². The van der Waals surface area contributed by atoms with Gasteiger partial charge in [-0.2, -0.15) is 5.26 Å². The van der Waals surface area contributed by atoms with Crippen LogP contribution >= 0.6 is 11.8 Å². The number of nitrogens with zero attached hydrogens (tertiary/aromatic N) is 1. The molecule has 0 aromatic rings. The Morgan fingerprint density at radius 2 is 1.70 bits per heavy atom. The van der Waals surface area contributed by atoms with E-state index in [9.17, 15) is 0 Å². The molecular weight excluding hydrogens is 142 g/mol. The van der Waals surface area contributed by atoms with Crippen molar-refractivity contribution in [2.75, 3.05) is 0 Å². The van der Waals surface area contributed by atoms with Crippen molar-refractivity contribution in [2.24, 2.45) is 5.92 Å². The Kier molecular flexibility index (Phi) is 4.55. The summed E-state index contributed by atoms with van der Waals surface area (Å²) in [6.45, 7) is 8.42. The average Bonchev–Trinajstić information content (AvgIpc) is 1.81. The largest absolute Gasteiger partial charge is 0.197 e. The summed E-state index contributed by atoms with van der Waals surface area (Å²) in [7, 11) is 0. The van der Waals surface area contributed by atoms with E-state index in [0.29, 0.717) is 11.2 Å². The van der Waals surface area contributed by atoms with E-state index in [1.165, 1.54) is 0 Å². The highest BCUT2D eigenvalue weighted by atomic mass is 32.2. The normalized spacial score (nSPS) is 13.7. The maximum atomic E-state index is 8.67. The van der Waals surface area contributed by atoms with Crippen molar-refractivity contribution >= 4 is 11.8 Å². The van der Waals surface area contributed by atoms with Crippen molar-refractivity contribution in [3.05, 3.63) is 0 Å². The number of thioether (sulfide) groups is 1. The van der Waals surface area contributed by atoms with E-state index < -0.39 is 0 Å². The number of nitriles is 1. The lowest BCUT2D eigenvalue weighted by atomic mass is 10.1. The fourth-order valence-electron chi connectivity index (χ4n) is 0.630. The molecule has 0 N–H and O–H groups in total. The second-order valence-corrected chi connectivity index (χ2v) is 4.70. The highest BCUT2D eigenvalue weighted by Crippen LogP contribution is 2.22. The molecule has 0 amide bonds. The van der Waals surface area contributed by atoms with Crippen LogP contribution in [0.15, 0.2) is 0 Å². The third-order valence-electron chi connectivity index (χ3n) is 1.15. The Bertz CT molecular complexity index is 124. The summed E-state index contributed by atoms with van der Waals surface area (Å²) in [5.41, 5.74) is 0. The molecule has 1 unspecified atom stereocenters. The van der Waals surface area contributed by atoms with Gasteiger partial charge in [-0.1, -0.05) is 27.7 Å². The zero-order valence-electron chi connectivity index (χ0n) is 7.09. The Hall–Kier alpha value is -0.160. The van der Waals surface area contributed by atoms with Gasteiger partial charge in [0.1, 0.15) is 0 Å². The topological polar surface area (TPSA) is 23.8 Å². The van der Waals surface area contributed by atoms with Crippen LogP contribution in [0.1, 0.15) is 27.7 Å². The molecule has 0 aliphatic carbocycles. The van der Waals surface area contributed by atoms with Crippen LogP contribution in [0.2, 0.25) is 0 Å². The Morgan fingerprint density at radius 1 is 1.20 bits per heavy atom. The summed E-state index contributed by atoms with van der Waals surface area (Å²) in [4.78, 5) is 0. The van der Waals surface area contributed by atoms with E-state index in [1.807, 2.05) is 0 Å². The first-order valence-corrected chi connectivity index (χ1v) is 4.57. The second-order valence-electron chi connectivity index (χ2n) is 2.98. The molecule has 0 heterocycles. The minimum absolute atomic E-state index is 0.167. The molecule has 0 radical (unpaired) electrons. The van der Waals surface area contributed by atoms with Gasteiger partial charge in [-0.25, -0.2) is 0 Å². The monoisotopic (exact) mass is 157 g/mol. The van der Waals surface area contributed by atoms with Crippen molar-refractivity contribution in [3.8, 4) is 6.07 Å².